The van der Waals surface area contributed by atoms with Gasteiger partial charge in [-0.15, -0.1) is 28.1 Å². The SMILES string of the molecule is C=CCn1c(SCC(=O)Nc2nccs2)nnc1-c1ccncc1. The summed E-state index contributed by atoms with van der Waals surface area (Å²) in [5, 5.41) is 14.2. The van der Waals surface area contributed by atoms with E-state index < -0.39 is 0 Å². The predicted molar refractivity (Wildman–Crippen MR) is 94.9 cm³/mol. The summed E-state index contributed by atoms with van der Waals surface area (Å²) in [6, 6.07) is 3.74. The molecule has 0 unspecified atom stereocenters. The van der Waals surface area contributed by atoms with Crippen molar-refractivity contribution in [3.63, 3.8) is 0 Å². The van der Waals surface area contributed by atoms with E-state index in [1.54, 1.807) is 24.7 Å². The average Bonchev–Trinajstić information content (AvgIpc) is 3.24. The summed E-state index contributed by atoms with van der Waals surface area (Å²) in [4.78, 5) is 20.0. The van der Waals surface area contributed by atoms with Crippen LogP contribution < -0.4 is 5.32 Å². The van der Waals surface area contributed by atoms with Gasteiger partial charge in [0, 0.05) is 36.1 Å². The number of nitrogens with zero attached hydrogens (tertiary/aromatic N) is 5. The monoisotopic (exact) mass is 358 g/mol. The van der Waals surface area contributed by atoms with Crippen LogP contribution in [-0.2, 0) is 11.3 Å². The Morgan fingerprint density at radius 1 is 1.33 bits per heavy atom. The summed E-state index contributed by atoms with van der Waals surface area (Å²) in [5.41, 5.74) is 0.915. The topological polar surface area (TPSA) is 85.6 Å². The number of carbonyl (C=O) groups excluding carboxylic acids is 1. The minimum absolute atomic E-state index is 0.131. The summed E-state index contributed by atoms with van der Waals surface area (Å²) >= 11 is 2.70. The summed E-state index contributed by atoms with van der Waals surface area (Å²) in [6.07, 6.45) is 6.83. The van der Waals surface area contributed by atoms with Gasteiger partial charge in [0.1, 0.15) is 0 Å². The summed E-state index contributed by atoms with van der Waals surface area (Å²) in [7, 11) is 0. The number of rotatable bonds is 7. The first kappa shape index (κ1) is 16.3. The highest BCUT2D eigenvalue weighted by Gasteiger charge is 2.15. The number of nitrogens with one attached hydrogen (secondary N) is 1. The van der Waals surface area contributed by atoms with Gasteiger partial charge in [0.25, 0.3) is 0 Å². The Hall–Kier alpha value is -2.52. The largest absolute Gasteiger partial charge is 0.301 e. The second kappa shape index (κ2) is 7.84. The van der Waals surface area contributed by atoms with Crippen molar-refractivity contribution in [1.29, 1.82) is 0 Å². The number of thioether (sulfide) groups is 1. The third-order valence-corrected chi connectivity index (χ3v) is 4.63. The van der Waals surface area contributed by atoms with E-state index in [1.165, 1.54) is 23.1 Å². The second-order valence-electron chi connectivity index (χ2n) is 4.62. The van der Waals surface area contributed by atoms with Gasteiger partial charge in [0.15, 0.2) is 16.1 Å². The number of hydrogen-bond donors (Lipinski definition) is 1. The number of allylic oxidation sites excluding steroid dienone is 1. The molecule has 0 saturated carbocycles. The third kappa shape index (κ3) is 3.87. The van der Waals surface area contributed by atoms with Gasteiger partial charge in [-0.05, 0) is 12.1 Å². The fourth-order valence-corrected chi connectivity index (χ4v) is 3.27. The first-order chi connectivity index (χ1) is 11.8. The van der Waals surface area contributed by atoms with Crippen LogP contribution in [0.25, 0.3) is 11.4 Å². The van der Waals surface area contributed by atoms with Crippen LogP contribution in [0.15, 0.2) is 53.9 Å². The van der Waals surface area contributed by atoms with E-state index in [0.29, 0.717) is 16.8 Å². The highest BCUT2D eigenvalue weighted by Crippen LogP contribution is 2.24. The number of thiazole rings is 1. The molecule has 0 fully saturated rings. The molecule has 1 amide bonds. The van der Waals surface area contributed by atoms with Crippen LogP contribution in [0.4, 0.5) is 5.13 Å². The number of anilines is 1. The van der Waals surface area contributed by atoms with Crippen LogP contribution in [0.5, 0.6) is 0 Å². The number of amides is 1. The van der Waals surface area contributed by atoms with Gasteiger partial charge in [0.05, 0.1) is 5.75 Å². The standard InChI is InChI=1S/C15H14N6OS2/c1-2-8-21-13(11-3-5-16-6-4-11)19-20-15(21)24-10-12(22)18-14-17-7-9-23-14/h2-7,9H,1,8,10H2,(H,17,18,22). The van der Waals surface area contributed by atoms with E-state index >= 15 is 0 Å². The Labute approximate surface area is 146 Å². The number of hydrogen-bond acceptors (Lipinski definition) is 7. The fourth-order valence-electron chi connectivity index (χ4n) is 1.97. The Bertz CT molecular complexity index is 816. The minimum Gasteiger partial charge on any atom is -0.301 e. The van der Waals surface area contributed by atoms with E-state index in [-0.39, 0.29) is 11.7 Å². The van der Waals surface area contributed by atoms with Crippen molar-refractivity contribution in [3.05, 3.63) is 48.8 Å². The molecule has 3 aromatic heterocycles. The first-order valence-electron chi connectivity index (χ1n) is 7.04. The molecule has 3 heterocycles. The van der Waals surface area contributed by atoms with Crippen LogP contribution in [0, 0.1) is 0 Å². The zero-order valence-corrected chi connectivity index (χ0v) is 14.3. The lowest BCUT2D eigenvalue weighted by Gasteiger charge is -2.07. The Kier molecular flexibility index (Phi) is 5.34. The summed E-state index contributed by atoms with van der Waals surface area (Å²) in [6.45, 7) is 4.33. The van der Waals surface area contributed by atoms with Gasteiger partial charge in [-0.1, -0.05) is 17.8 Å². The molecule has 0 aliphatic rings. The smallest absolute Gasteiger partial charge is 0.236 e. The maximum Gasteiger partial charge on any atom is 0.236 e. The third-order valence-electron chi connectivity index (χ3n) is 2.98. The molecule has 0 atom stereocenters. The molecule has 0 radical (unpaired) electrons. The van der Waals surface area contributed by atoms with Crippen LogP contribution in [0.1, 0.15) is 0 Å². The summed E-state index contributed by atoms with van der Waals surface area (Å²) in [5.74, 6) is 0.819. The van der Waals surface area contributed by atoms with Gasteiger partial charge in [-0.2, -0.15) is 0 Å². The van der Waals surface area contributed by atoms with Crippen LogP contribution in [0.2, 0.25) is 0 Å². The van der Waals surface area contributed by atoms with E-state index in [4.69, 9.17) is 0 Å². The van der Waals surface area contributed by atoms with Crippen molar-refractivity contribution >= 4 is 34.1 Å². The van der Waals surface area contributed by atoms with Crippen molar-refractivity contribution in [2.45, 2.75) is 11.7 Å². The fraction of sp³-hybridized carbons (Fsp3) is 0.133. The zero-order chi connectivity index (χ0) is 16.8. The quantitative estimate of drug-likeness (QED) is 0.516. The Morgan fingerprint density at radius 3 is 2.88 bits per heavy atom. The molecule has 0 aliphatic carbocycles. The summed E-state index contributed by atoms with van der Waals surface area (Å²) < 4.78 is 1.92. The van der Waals surface area contributed by atoms with Crippen LogP contribution in [0.3, 0.4) is 0 Å². The molecule has 24 heavy (non-hydrogen) atoms. The number of aromatic nitrogens is 5. The molecule has 3 rings (SSSR count). The normalized spacial score (nSPS) is 10.5. The molecule has 0 bridgehead atoms. The van der Waals surface area contributed by atoms with Gasteiger partial charge in [0.2, 0.25) is 5.91 Å². The van der Waals surface area contributed by atoms with Crippen LogP contribution >= 0.6 is 23.1 Å². The van der Waals surface area contributed by atoms with Crippen molar-refractivity contribution in [2.75, 3.05) is 11.1 Å². The van der Waals surface area contributed by atoms with Gasteiger partial charge in [-0.25, -0.2) is 4.98 Å². The van der Waals surface area contributed by atoms with E-state index in [2.05, 4.69) is 32.1 Å². The van der Waals surface area contributed by atoms with Crippen molar-refractivity contribution in [3.8, 4) is 11.4 Å². The van der Waals surface area contributed by atoms with Gasteiger partial charge < -0.3 is 5.32 Å². The van der Waals surface area contributed by atoms with Gasteiger partial charge >= 0.3 is 0 Å². The molecule has 0 saturated heterocycles. The lowest BCUT2D eigenvalue weighted by Crippen LogP contribution is -2.14. The molecule has 9 heteroatoms. The maximum atomic E-state index is 12.0. The molecule has 0 spiro atoms. The molecule has 7 nitrogen and oxygen atoms in total. The highest BCUT2D eigenvalue weighted by molar-refractivity contribution is 7.99. The van der Waals surface area contributed by atoms with E-state index in [1.807, 2.05) is 22.1 Å². The van der Waals surface area contributed by atoms with E-state index in [9.17, 15) is 4.79 Å². The number of carbonyl (C=O) groups is 1. The Morgan fingerprint density at radius 2 is 2.17 bits per heavy atom. The first-order valence-corrected chi connectivity index (χ1v) is 8.91. The van der Waals surface area contributed by atoms with E-state index in [0.717, 1.165) is 11.4 Å². The second-order valence-corrected chi connectivity index (χ2v) is 6.45. The van der Waals surface area contributed by atoms with Crippen LogP contribution in [-0.4, -0.2) is 36.4 Å². The predicted octanol–water partition coefficient (Wildman–Crippen LogP) is 2.71. The zero-order valence-electron chi connectivity index (χ0n) is 12.6. The van der Waals surface area contributed by atoms with Gasteiger partial charge in [-0.3, -0.25) is 14.3 Å². The maximum absolute atomic E-state index is 12.0. The molecular weight excluding hydrogens is 344 g/mol. The average molecular weight is 358 g/mol. The molecule has 1 N–H and O–H groups in total. The van der Waals surface area contributed by atoms with Crippen molar-refractivity contribution in [1.82, 2.24) is 24.7 Å². The highest BCUT2D eigenvalue weighted by atomic mass is 32.2. The molecule has 0 aliphatic heterocycles. The molecule has 3 aromatic rings. The minimum atomic E-state index is -0.131. The van der Waals surface area contributed by atoms with Crippen molar-refractivity contribution in [2.24, 2.45) is 0 Å². The molecular formula is C15H14N6OS2. The molecule has 122 valence electrons. The lowest BCUT2D eigenvalue weighted by molar-refractivity contribution is -0.113. The van der Waals surface area contributed by atoms with Crippen molar-refractivity contribution < 1.29 is 4.79 Å². The molecule has 0 aromatic carbocycles. The number of pyridine rings is 1. The Balaban J connectivity index is 1.72. The lowest BCUT2D eigenvalue weighted by atomic mass is 10.2.